The smallest absolute Gasteiger partial charge is 0.254 e. The Kier molecular flexibility index (Phi) is 3.43. The van der Waals surface area contributed by atoms with E-state index in [2.05, 4.69) is 0 Å². The number of amides is 1. The Labute approximate surface area is 100 Å². The zero-order valence-electron chi connectivity index (χ0n) is 9.95. The maximum atomic E-state index is 13.0. The van der Waals surface area contributed by atoms with Crippen molar-refractivity contribution in [3.63, 3.8) is 0 Å². The number of rotatable bonds is 4. The summed E-state index contributed by atoms with van der Waals surface area (Å²) in [5.74, 6) is -0.341. The summed E-state index contributed by atoms with van der Waals surface area (Å²) < 4.78 is 13.0. The van der Waals surface area contributed by atoms with Crippen LogP contribution in [-0.4, -0.2) is 29.9 Å². The highest BCUT2D eigenvalue weighted by Crippen LogP contribution is 2.28. The predicted octanol–water partition coefficient (Wildman–Crippen LogP) is 1.70. The largest absolute Gasteiger partial charge is 0.334 e. The van der Waals surface area contributed by atoms with Crippen LogP contribution in [0.1, 0.15) is 28.8 Å². The zero-order chi connectivity index (χ0) is 12.4. The molecule has 0 atom stereocenters. The number of carbonyl (C=O) groups is 1. The van der Waals surface area contributed by atoms with E-state index in [0.29, 0.717) is 30.3 Å². The molecule has 2 rings (SSSR count). The van der Waals surface area contributed by atoms with E-state index >= 15 is 0 Å². The van der Waals surface area contributed by atoms with Crippen molar-refractivity contribution in [3.8, 4) is 0 Å². The average molecular weight is 236 g/mol. The maximum Gasteiger partial charge on any atom is 0.254 e. The summed E-state index contributed by atoms with van der Waals surface area (Å²) in [7, 11) is 0. The second-order valence-corrected chi connectivity index (χ2v) is 4.48. The second kappa shape index (κ2) is 4.84. The minimum Gasteiger partial charge on any atom is -0.334 e. The summed E-state index contributed by atoms with van der Waals surface area (Å²) in [6, 6.07) is 4.60. The molecule has 0 aromatic heterocycles. The molecule has 0 aliphatic heterocycles. The minimum absolute atomic E-state index is 0.0320. The number of benzene rings is 1. The Hall–Kier alpha value is -1.42. The van der Waals surface area contributed by atoms with Crippen molar-refractivity contribution in [2.45, 2.75) is 25.8 Å². The Morgan fingerprint density at radius 3 is 2.76 bits per heavy atom. The first-order chi connectivity index (χ1) is 8.13. The van der Waals surface area contributed by atoms with Crippen LogP contribution in [0.25, 0.3) is 0 Å². The van der Waals surface area contributed by atoms with E-state index in [-0.39, 0.29) is 11.7 Å². The molecule has 0 spiro atoms. The normalized spacial score (nSPS) is 14.8. The number of hydrogen-bond acceptors (Lipinski definition) is 2. The van der Waals surface area contributed by atoms with Crippen LogP contribution in [0.2, 0.25) is 0 Å². The van der Waals surface area contributed by atoms with Gasteiger partial charge in [-0.25, -0.2) is 4.39 Å². The van der Waals surface area contributed by atoms with Gasteiger partial charge in [0.05, 0.1) is 0 Å². The number of aryl methyl sites for hydroxylation is 1. The van der Waals surface area contributed by atoms with E-state index in [4.69, 9.17) is 5.73 Å². The molecule has 1 amide bonds. The van der Waals surface area contributed by atoms with Crippen molar-refractivity contribution >= 4 is 5.91 Å². The summed E-state index contributed by atoms with van der Waals surface area (Å²) in [5, 5.41) is 0. The van der Waals surface area contributed by atoms with Crippen LogP contribution in [0, 0.1) is 12.7 Å². The summed E-state index contributed by atoms with van der Waals surface area (Å²) in [4.78, 5) is 14.1. The monoisotopic (exact) mass is 236 g/mol. The number of nitrogens with zero attached hydrogens (tertiary/aromatic N) is 1. The van der Waals surface area contributed by atoms with E-state index in [9.17, 15) is 9.18 Å². The molecule has 92 valence electrons. The van der Waals surface area contributed by atoms with E-state index in [1.165, 1.54) is 12.1 Å². The van der Waals surface area contributed by atoms with E-state index in [1.54, 1.807) is 17.9 Å². The van der Waals surface area contributed by atoms with E-state index in [1.807, 2.05) is 0 Å². The third-order valence-corrected chi connectivity index (χ3v) is 3.04. The van der Waals surface area contributed by atoms with Crippen LogP contribution in [0.15, 0.2) is 18.2 Å². The lowest BCUT2D eigenvalue weighted by atomic mass is 10.1. The lowest BCUT2D eigenvalue weighted by molar-refractivity contribution is 0.0747. The summed E-state index contributed by atoms with van der Waals surface area (Å²) in [6.07, 6.45) is 2.10. The Balaban J connectivity index is 2.22. The molecule has 0 unspecified atom stereocenters. The van der Waals surface area contributed by atoms with E-state index < -0.39 is 0 Å². The number of hydrogen-bond donors (Lipinski definition) is 1. The van der Waals surface area contributed by atoms with Gasteiger partial charge in [-0.05, 0) is 43.5 Å². The first-order valence-corrected chi connectivity index (χ1v) is 5.90. The third-order valence-electron chi connectivity index (χ3n) is 3.04. The van der Waals surface area contributed by atoms with Crippen molar-refractivity contribution in [1.82, 2.24) is 4.90 Å². The van der Waals surface area contributed by atoms with E-state index in [0.717, 1.165) is 12.8 Å². The van der Waals surface area contributed by atoms with Crippen LogP contribution in [0.4, 0.5) is 4.39 Å². The fourth-order valence-corrected chi connectivity index (χ4v) is 2.00. The van der Waals surface area contributed by atoms with Gasteiger partial charge in [0.2, 0.25) is 0 Å². The molecule has 1 fully saturated rings. The van der Waals surface area contributed by atoms with Crippen LogP contribution < -0.4 is 5.73 Å². The highest BCUT2D eigenvalue weighted by molar-refractivity contribution is 5.96. The molecule has 1 saturated carbocycles. The van der Waals surface area contributed by atoms with Gasteiger partial charge in [0.1, 0.15) is 5.82 Å². The first kappa shape index (κ1) is 12.0. The quantitative estimate of drug-likeness (QED) is 0.864. The zero-order valence-corrected chi connectivity index (χ0v) is 9.95. The van der Waals surface area contributed by atoms with Crippen molar-refractivity contribution in [1.29, 1.82) is 0 Å². The molecule has 4 heteroatoms. The second-order valence-electron chi connectivity index (χ2n) is 4.48. The molecule has 0 saturated heterocycles. The van der Waals surface area contributed by atoms with Crippen LogP contribution in [0.5, 0.6) is 0 Å². The number of carbonyl (C=O) groups excluding carboxylic acids is 1. The van der Waals surface area contributed by atoms with Crippen molar-refractivity contribution in [3.05, 3.63) is 35.1 Å². The fraction of sp³-hybridized carbons (Fsp3) is 0.462. The van der Waals surface area contributed by atoms with Gasteiger partial charge in [-0.3, -0.25) is 4.79 Å². The molecule has 0 radical (unpaired) electrons. The fourth-order valence-electron chi connectivity index (χ4n) is 2.00. The Morgan fingerprint density at radius 2 is 2.24 bits per heavy atom. The van der Waals surface area contributed by atoms with Gasteiger partial charge in [-0.2, -0.15) is 0 Å². The van der Waals surface area contributed by atoms with Crippen molar-refractivity contribution in [2.75, 3.05) is 13.1 Å². The highest BCUT2D eigenvalue weighted by atomic mass is 19.1. The van der Waals surface area contributed by atoms with Gasteiger partial charge >= 0.3 is 0 Å². The highest BCUT2D eigenvalue weighted by Gasteiger charge is 2.32. The van der Waals surface area contributed by atoms with Gasteiger partial charge in [0.25, 0.3) is 5.91 Å². The van der Waals surface area contributed by atoms with Crippen molar-refractivity contribution in [2.24, 2.45) is 5.73 Å². The molecule has 2 N–H and O–H groups in total. The Bertz CT molecular complexity index is 429. The maximum absolute atomic E-state index is 13.0. The molecule has 3 nitrogen and oxygen atoms in total. The molecular weight excluding hydrogens is 219 g/mol. The molecule has 1 aromatic rings. The lowest BCUT2D eigenvalue weighted by Crippen LogP contribution is -2.37. The van der Waals surface area contributed by atoms with Gasteiger partial charge < -0.3 is 10.6 Å². The topological polar surface area (TPSA) is 46.3 Å². The molecular formula is C13H17FN2O. The van der Waals surface area contributed by atoms with Crippen LogP contribution in [-0.2, 0) is 0 Å². The molecule has 0 heterocycles. The van der Waals surface area contributed by atoms with Crippen molar-refractivity contribution < 1.29 is 9.18 Å². The summed E-state index contributed by atoms with van der Waals surface area (Å²) in [5.41, 5.74) is 6.77. The first-order valence-electron chi connectivity index (χ1n) is 5.90. The molecule has 1 aliphatic carbocycles. The standard InChI is InChI=1S/C13H17FN2O/c1-9-8-10(14)2-5-12(9)13(17)16(7-6-15)11-3-4-11/h2,5,8,11H,3-4,6-7,15H2,1H3. The summed E-state index contributed by atoms with van der Waals surface area (Å²) >= 11 is 0. The van der Waals surface area contributed by atoms with Gasteiger partial charge in [0.15, 0.2) is 0 Å². The Morgan fingerprint density at radius 1 is 1.53 bits per heavy atom. The third kappa shape index (κ3) is 2.64. The van der Waals surface area contributed by atoms with Gasteiger partial charge in [-0.15, -0.1) is 0 Å². The molecule has 1 aromatic carbocycles. The molecule has 17 heavy (non-hydrogen) atoms. The summed E-state index contributed by atoms with van der Waals surface area (Å²) in [6.45, 7) is 2.78. The number of halogens is 1. The van der Waals surface area contributed by atoms with Crippen LogP contribution in [0.3, 0.4) is 0 Å². The van der Waals surface area contributed by atoms with Gasteiger partial charge in [-0.1, -0.05) is 0 Å². The van der Waals surface area contributed by atoms with Crippen LogP contribution >= 0.6 is 0 Å². The SMILES string of the molecule is Cc1cc(F)ccc1C(=O)N(CCN)C1CC1. The number of nitrogens with two attached hydrogens (primary N) is 1. The lowest BCUT2D eigenvalue weighted by Gasteiger charge is -2.22. The molecule has 0 bridgehead atoms. The predicted molar refractivity (Wildman–Crippen MR) is 64.2 cm³/mol. The molecule has 1 aliphatic rings. The van der Waals surface area contributed by atoms with Gasteiger partial charge in [0, 0.05) is 24.7 Å². The minimum atomic E-state index is -0.309. The average Bonchev–Trinajstić information content (AvgIpc) is 3.09.